The van der Waals surface area contributed by atoms with Crippen LogP contribution in [-0.2, 0) is 4.79 Å². The quantitative estimate of drug-likeness (QED) is 0.492. The maximum atomic E-state index is 12.6. The second kappa shape index (κ2) is 6.79. The zero-order valence-corrected chi connectivity index (χ0v) is 13.2. The van der Waals surface area contributed by atoms with Gasteiger partial charge in [-0.25, -0.2) is 10.9 Å². The topological polar surface area (TPSA) is 108 Å². The van der Waals surface area contributed by atoms with Crippen LogP contribution in [0.4, 0.5) is 0 Å². The first kappa shape index (κ1) is 16.1. The molecule has 3 rings (SSSR count). The summed E-state index contributed by atoms with van der Waals surface area (Å²) in [7, 11) is 1.59. The van der Waals surface area contributed by atoms with Crippen LogP contribution in [-0.4, -0.2) is 41.3 Å². The number of amides is 1. The van der Waals surface area contributed by atoms with Crippen molar-refractivity contribution < 1.29 is 14.6 Å². The van der Waals surface area contributed by atoms with E-state index in [9.17, 15) is 9.90 Å². The summed E-state index contributed by atoms with van der Waals surface area (Å²) in [5.74, 6) is 0.752. The predicted molar refractivity (Wildman–Crippen MR) is 83.1 cm³/mol. The van der Waals surface area contributed by atoms with Gasteiger partial charge in [0.05, 0.1) is 25.5 Å². The molecule has 0 spiro atoms. The number of pyridine rings is 1. The summed E-state index contributed by atoms with van der Waals surface area (Å²) in [6.07, 6.45) is 4.43. The van der Waals surface area contributed by atoms with Crippen molar-refractivity contribution in [2.75, 3.05) is 7.11 Å². The monoisotopic (exact) mass is 321 g/mol. The minimum atomic E-state index is -0.360. The number of methoxy groups -OCH3 is 1. The molecule has 8 nitrogen and oxygen atoms in total. The molecule has 1 aromatic rings. The van der Waals surface area contributed by atoms with E-state index in [2.05, 4.69) is 26.7 Å². The van der Waals surface area contributed by atoms with Crippen molar-refractivity contribution in [2.24, 2.45) is 5.92 Å². The highest BCUT2D eigenvalue weighted by molar-refractivity contribution is 5.83. The molecule has 1 saturated carbocycles. The Morgan fingerprint density at radius 1 is 1.43 bits per heavy atom. The Morgan fingerprint density at radius 2 is 2.22 bits per heavy atom. The van der Waals surface area contributed by atoms with E-state index in [0.29, 0.717) is 18.6 Å². The second-order valence-electron chi connectivity index (χ2n) is 6.21. The Labute approximate surface area is 134 Å². The van der Waals surface area contributed by atoms with Crippen molar-refractivity contribution >= 4 is 5.91 Å². The number of hydrogen-bond acceptors (Lipinski definition) is 7. The fourth-order valence-corrected chi connectivity index (χ4v) is 3.07. The third kappa shape index (κ3) is 3.45. The number of nitrogens with zero attached hydrogens (tertiary/aromatic N) is 1. The van der Waals surface area contributed by atoms with Crippen LogP contribution in [0.15, 0.2) is 18.5 Å². The summed E-state index contributed by atoms with van der Waals surface area (Å²) in [6, 6.07) is 1.31. The van der Waals surface area contributed by atoms with Gasteiger partial charge in [0, 0.05) is 12.2 Å². The smallest absolute Gasteiger partial charge is 0.240 e. The van der Waals surface area contributed by atoms with E-state index < -0.39 is 0 Å². The molecule has 3 atom stereocenters. The Hall–Kier alpha value is -1.74. The lowest BCUT2D eigenvalue weighted by Gasteiger charge is -2.38. The van der Waals surface area contributed by atoms with Crippen molar-refractivity contribution in [1.29, 1.82) is 0 Å². The SMILES string of the molecule is COc1cncc(C(NC(=O)C2NNNC2C)C2CC(O)C2)c1. The van der Waals surface area contributed by atoms with Gasteiger partial charge >= 0.3 is 0 Å². The lowest BCUT2D eigenvalue weighted by atomic mass is 9.75. The number of aromatic nitrogens is 1. The van der Waals surface area contributed by atoms with E-state index in [-0.39, 0.29) is 36.1 Å². The minimum Gasteiger partial charge on any atom is -0.495 e. The summed E-state index contributed by atoms with van der Waals surface area (Å²) in [5, 5.41) is 12.7. The molecule has 23 heavy (non-hydrogen) atoms. The lowest BCUT2D eigenvalue weighted by molar-refractivity contribution is -0.125. The normalized spacial score (nSPS) is 31.3. The van der Waals surface area contributed by atoms with Crippen LogP contribution >= 0.6 is 0 Å². The van der Waals surface area contributed by atoms with Crippen molar-refractivity contribution in [2.45, 2.75) is 44.0 Å². The first-order valence-electron chi connectivity index (χ1n) is 7.82. The Kier molecular flexibility index (Phi) is 4.76. The first-order chi connectivity index (χ1) is 11.1. The van der Waals surface area contributed by atoms with E-state index in [4.69, 9.17) is 4.74 Å². The van der Waals surface area contributed by atoms with Gasteiger partial charge in [0.25, 0.3) is 0 Å². The predicted octanol–water partition coefficient (Wildman–Crippen LogP) is -0.612. The molecule has 8 heteroatoms. The van der Waals surface area contributed by atoms with Gasteiger partial charge in [0.1, 0.15) is 11.8 Å². The van der Waals surface area contributed by atoms with Crippen LogP contribution < -0.4 is 26.4 Å². The molecule has 0 radical (unpaired) electrons. The van der Waals surface area contributed by atoms with Crippen LogP contribution in [0.25, 0.3) is 0 Å². The average molecular weight is 321 g/mol. The van der Waals surface area contributed by atoms with Crippen molar-refractivity contribution in [3.8, 4) is 5.75 Å². The van der Waals surface area contributed by atoms with E-state index in [0.717, 1.165) is 5.56 Å². The molecule has 5 N–H and O–H groups in total. The molecule has 1 amide bonds. The van der Waals surface area contributed by atoms with Crippen molar-refractivity contribution in [3.05, 3.63) is 24.0 Å². The minimum absolute atomic E-state index is 0.0222. The molecule has 126 valence electrons. The fourth-order valence-electron chi connectivity index (χ4n) is 3.07. The molecule has 3 unspecified atom stereocenters. The summed E-state index contributed by atoms with van der Waals surface area (Å²) in [6.45, 7) is 1.92. The van der Waals surface area contributed by atoms with Gasteiger partial charge in [0.15, 0.2) is 0 Å². The molecule has 1 saturated heterocycles. The highest BCUT2D eigenvalue weighted by atomic mass is 16.5. The summed E-state index contributed by atoms with van der Waals surface area (Å²) < 4.78 is 5.22. The van der Waals surface area contributed by atoms with E-state index in [1.165, 1.54) is 0 Å². The van der Waals surface area contributed by atoms with Crippen LogP contribution in [0.2, 0.25) is 0 Å². The van der Waals surface area contributed by atoms with Gasteiger partial charge in [-0.05, 0) is 37.3 Å². The number of nitrogens with one attached hydrogen (secondary N) is 4. The fraction of sp³-hybridized carbons (Fsp3) is 0.600. The third-order valence-corrected chi connectivity index (χ3v) is 4.56. The molecule has 2 aliphatic rings. The highest BCUT2D eigenvalue weighted by Crippen LogP contribution is 2.38. The van der Waals surface area contributed by atoms with Gasteiger partial charge in [-0.15, -0.1) is 0 Å². The Balaban J connectivity index is 1.76. The maximum absolute atomic E-state index is 12.6. The van der Waals surface area contributed by atoms with Gasteiger partial charge in [-0.2, -0.15) is 5.53 Å². The van der Waals surface area contributed by atoms with E-state index >= 15 is 0 Å². The molecule has 1 aromatic heterocycles. The number of carbonyl (C=O) groups excluding carboxylic acids is 1. The number of hydrogen-bond donors (Lipinski definition) is 5. The first-order valence-corrected chi connectivity index (χ1v) is 7.82. The van der Waals surface area contributed by atoms with Gasteiger partial charge in [-0.3, -0.25) is 9.78 Å². The maximum Gasteiger partial charge on any atom is 0.240 e. The number of rotatable bonds is 5. The largest absolute Gasteiger partial charge is 0.495 e. The zero-order valence-electron chi connectivity index (χ0n) is 13.2. The molecule has 1 aliphatic carbocycles. The van der Waals surface area contributed by atoms with E-state index in [1.807, 2.05) is 13.0 Å². The summed E-state index contributed by atoms with van der Waals surface area (Å²) in [5.41, 5.74) is 9.51. The molecular formula is C15H23N5O3. The molecule has 0 bridgehead atoms. The summed E-state index contributed by atoms with van der Waals surface area (Å²) >= 11 is 0. The molecule has 2 heterocycles. The number of carbonyl (C=O) groups is 1. The highest BCUT2D eigenvalue weighted by Gasteiger charge is 2.38. The van der Waals surface area contributed by atoms with Crippen molar-refractivity contribution in [3.63, 3.8) is 0 Å². The van der Waals surface area contributed by atoms with Crippen LogP contribution in [0.1, 0.15) is 31.4 Å². The second-order valence-corrected chi connectivity index (χ2v) is 6.21. The Morgan fingerprint density at radius 3 is 2.83 bits per heavy atom. The molecule has 0 aromatic carbocycles. The standard InChI is InChI=1S/C15H23N5O3/c1-8-13(19-20-18-8)15(22)17-14(9-3-11(21)4-9)10-5-12(23-2)7-16-6-10/h5-9,11,13-14,18-21H,3-4H2,1-2H3,(H,17,22). The van der Waals surface area contributed by atoms with Crippen molar-refractivity contribution in [1.82, 2.24) is 26.7 Å². The van der Waals surface area contributed by atoms with E-state index in [1.54, 1.807) is 19.5 Å². The average Bonchev–Trinajstić information content (AvgIpc) is 2.96. The molecule has 2 fully saturated rings. The number of ether oxygens (including phenoxy) is 1. The lowest BCUT2D eigenvalue weighted by Crippen LogP contribution is -2.50. The number of hydrazine groups is 2. The van der Waals surface area contributed by atoms with Crippen LogP contribution in [0.5, 0.6) is 5.75 Å². The van der Waals surface area contributed by atoms with Crippen LogP contribution in [0, 0.1) is 5.92 Å². The summed E-state index contributed by atoms with van der Waals surface area (Å²) in [4.78, 5) is 16.7. The van der Waals surface area contributed by atoms with Gasteiger partial charge < -0.3 is 15.2 Å². The molecular weight excluding hydrogens is 298 g/mol. The van der Waals surface area contributed by atoms with Crippen LogP contribution in [0.3, 0.4) is 0 Å². The molecule has 1 aliphatic heterocycles. The Bertz CT molecular complexity index is 564. The van der Waals surface area contributed by atoms with Gasteiger partial charge in [0.2, 0.25) is 5.91 Å². The zero-order chi connectivity index (χ0) is 16.4. The number of aliphatic hydroxyl groups excluding tert-OH is 1. The number of aliphatic hydroxyl groups is 1. The third-order valence-electron chi connectivity index (χ3n) is 4.56. The van der Waals surface area contributed by atoms with Gasteiger partial charge in [-0.1, -0.05) is 0 Å².